The lowest BCUT2D eigenvalue weighted by molar-refractivity contribution is 0.444. The summed E-state index contributed by atoms with van der Waals surface area (Å²) in [5, 5.41) is 3.70. The molecule has 0 aliphatic rings. The van der Waals surface area contributed by atoms with Gasteiger partial charge in [-0.25, -0.2) is 0 Å². The van der Waals surface area contributed by atoms with E-state index in [1.54, 1.807) is 0 Å². The first kappa shape index (κ1) is 14.8. The van der Waals surface area contributed by atoms with Gasteiger partial charge in [0.15, 0.2) is 0 Å². The monoisotopic (exact) mass is 267 g/mol. The number of hydrogen-bond donors (Lipinski definition) is 1. The second-order valence-corrected chi connectivity index (χ2v) is 5.68. The zero-order valence-electron chi connectivity index (χ0n) is 12.5. The molecule has 0 amide bonds. The first-order chi connectivity index (χ1) is 9.74. The van der Waals surface area contributed by atoms with E-state index in [1.807, 2.05) is 0 Å². The maximum absolute atomic E-state index is 3.70. The van der Waals surface area contributed by atoms with Gasteiger partial charge in [-0.1, -0.05) is 60.7 Å². The molecule has 0 saturated carbocycles. The van der Waals surface area contributed by atoms with E-state index in [9.17, 15) is 0 Å². The van der Waals surface area contributed by atoms with Crippen molar-refractivity contribution < 1.29 is 0 Å². The highest BCUT2D eigenvalue weighted by Crippen LogP contribution is 2.07. The molecule has 1 N–H and O–H groups in total. The minimum atomic E-state index is 0.517. The number of rotatable bonds is 7. The highest BCUT2D eigenvalue weighted by Gasteiger charge is 2.08. The first-order valence-electron chi connectivity index (χ1n) is 7.58. The van der Waals surface area contributed by atoms with Gasteiger partial charge >= 0.3 is 0 Å². The molecule has 2 atom stereocenters. The third-order valence-electron chi connectivity index (χ3n) is 3.66. The third kappa shape index (κ3) is 5.18. The van der Waals surface area contributed by atoms with Crippen molar-refractivity contribution in [1.29, 1.82) is 0 Å². The van der Waals surface area contributed by atoms with E-state index in [1.165, 1.54) is 17.5 Å². The summed E-state index contributed by atoms with van der Waals surface area (Å²) < 4.78 is 0. The summed E-state index contributed by atoms with van der Waals surface area (Å²) in [6.07, 6.45) is 3.42. The molecule has 0 radical (unpaired) electrons. The zero-order chi connectivity index (χ0) is 14.2. The number of benzene rings is 2. The lowest BCUT2D eigenvalue weighted by atomic mass is 10.0. The average molecular weight is 267 g/mol. The molecule has 1 nitrogen and oxygen atoms in total. The highest BCUT2D eigenvalue weighted by atomic mass is 14.9. The molecule has 1 heteroatoms. The van der Waals surface area contributed by atoms with Gasteiger partial charge < -0.3 is 5.32 Å². The third-order valence-corrected chi connectivity index (χ3v) is 3.66. The maximum atomic E-state index is 3.70. The van der Waals surface area contributed by atoms with Crippen LogP contribution in [-0.4, -0.2) is 12.1 Å². The Balaban J connectivity index is 1.72. The van der Waals surface area contributed by atoms with Crippen molar-refractivity contribution >= 4 is 0 Å². The van der Waals surface area contributed by atoms with Crippen molar-refractivity contribution in [3.8, 4) is 0 Å². The molecule has 2 aromatic rings. The maximum Gasteiger partial charge on any atom is 0.00816 e. The molecular weight excluding hydrogens is 242 g/mol. The van der Waals surface area contributed by atoms with Crippen LogP contribution in [0.25, 0.3) is 0 Å². The van der Waals surface area contributed by atoms with E-state index in [2.05, 4.69) is 79.8 Å². The first-order valence-corrected chi connectivity index (χ1v) is 7.58. The second kappa shape index (κ2) is 7.86. The van der Waals surface area contributed by atoms with Crippen molar-refractivity contribution in [2.24, 2.45) is 0 Å². The van der Waals surface area contributed by atoms with Crippen LogP contribution in [0.15, 0.2) is 60.7 Å². The van der Waals surface area contributed by atoms with E-state index in [4.69, 9.17) is 0 Å². The molecule has 0 bridgehead atoms. The molecule has 2 rings (SSSR count). The lowest BCUT2D eigenvalue weighted by Gasteiger charge is -2.20. The smallest absolute Gasteiger partial charge is 0.00816 e. The van der Waals surface area contributed by atoms with Crippen LogP contribution in [0.3, 0.4) is 0 Å². The summed E-state index contributed by atoms with van der Waals surface area (Å²) in [6.45, 7) is 4.55. The average Bonchev–Trinajstić information content (AvgIpc) is 2.47. The van der Waals surface area contributed by atoms with Crippen molar-refractivity contribution in [2.45, 2.75) is 45.2 Å². The van der Waals surface area contributed by atoms with Crippen LogP contribution in [0.1, 0.15) is 31.4 Å². The number of nitrogens with one attached hydrogen (secondary N) is 1. The van der Waals surface area contributed by atoms with E-state index < -0.39 is 0 Å². The van der Waals surface area contributed by atoms with Crippen molar-refractivity contribution in [3.05, 3.63) is 71.8 Å². The predicted octanol–water partition coefficient (Wildman–Crippen LogP) is 4.23. The van der Waals surface area contributed by atoms with Crippen molar-refractivity contribution in [3.63, 3.8) is 0 Å². The van der Waals surface area contributed by atoms with Gasteiger partial charge in [-0.15, -0.1) is 0 Å². The SMILES string of the molecule is C[C@H](CCc1ccccc1)N[C@@H](C)Cc1ccccc1. The normalized spacial score (nSPS) is 13.9. The highest BCUT2D eigenvalue weighted by molar-refractivity contribution is 5.16. The Kier molecular flexibility index (Phi) is 5.82. The molecule has 20 heavy (non-hydrogen) atoms. The molecule has 0 heterocycles. The van der Waals surface area contributed by atoms with Gasteiger partial charge in [0.25, 0.3) is 0 Å². The van der Waals surface area contributed by atoms with Gasteiger partial charge in [0, 0.05) is 12.1 Å². The second-order valence-electron chi connectivity index (χ2n) is 5.68. The largest absolute Gasteiger partial charge is 0.311 e. The molecule has 2 aromatic carbocycles. The molecule has 0 aromatic heterocycles. The van der Waals surface area contributed by atoms with E-state index >= 15 is 0 Å². The molecule has 0 aliphatic heterocycles. The molecule has 0 saturated heterocycles. The Bertz CT molecular complexity index is 478. The summed E-state index contributed by atoms with van der Waals surface area (Å²) in [4.78, 5) is 0. The fraction of sp³-hybridized carbons (Fsp3) is 0.368. The fourth-order valence-electron chi connectivity index (χ4n) is 2.62. The molecular formula is C19H25N. The number of aryl methyl sites for hydroxylation is 1. The lowest BCUT2D eigenvalue weighted by Crippen LogP contribution is -2.36. The van der Waals surface area contributed by atoms with Gasteiger partial charge in [-0.3, -0.25) is 0 Å². The van der Waals surface area contributed by atoms with Crippen LogP contribution >= 0.6 is 0 Å². The van der Waals surface area contributed by atoms with Crippen LogP contribution in [-0.2, 0) is 12.8 Å². The van der Waals surface area contributed by atoms with E-state index in [0.717, 1.165) is 12.8 Å². The Morgan fingerprint density at radius 1 is 0.750 bits per heavy atom. The van der Waals surface area contributed by atoms with Gasteiger partial charge in [0.05, 0.1) is 0 Å². The van der Waals surface area contributed by atoms with E-state index in [-0.39, 0.29) is 0 Å². The zero-order valence-corrected chi connectivity index (χ0v) is 12.5. The number of hydrogen-bond acceptors (Lipinski definition) is 1. The molecule has 0 unspecified atom stereocenters. The van der Waals surface area contributed by atoms with Crippen LogP contribution in [0.2, 0.25) is 0 Å². The summed E-state index contributed by atoms with van der Waals surface area (Å²) in [5.74, 6) is 0. The summed E-state index contributed by atoms with van der Waals surface area (Å²) in [7, 11) is 0. The van der Waals surface area contributed by atoms with Gasteiger partial charge in [0.1, 0.15) is 0 Å². The van der Waals surface area contributed by atoms with Crippen LogP contribution in [0.5, 0.6) is 0 Å². The Hall–Kier alpha value is -1.60. The van der Waals surface area contributed by atoms with Crippen LogP contribution in [0, 0.1) is 0 Å². The standard InChI is InChI=1S/C19H25N/c1-16(13-14-18-9-5-3-6-10-18)20-17(2)15-19-11-7-4-8-12-19/h3-12,16-17,20H,13-15H2,1-2H3/t16-,17+/m1/s1. The van der Waals surface area contributed by atoms with Crippen LogP contribution in [0.4, 0.5) is 0 Å². The molecule has 106 valence electrons. The molecule has 0 spiro atoms. The molecule has 0 aliphatic carbocycles. The summed E-state index contributed by atoms with van der Waals surface area (Å²) in [5.41, 5.74) is 2.83. The Morgan fingerprint density at radius 2 is 1.30 bits per heavy atom. The minimum Gasteiger partial charge on any atom is -0.311 e. The summed E-state index contributed by atoms with van der Waals surface area (Å²) in [6, 6.07) is 22.5. The molecule has 0 fully saturated rings. The van der Waals surface area contributed by atoms with Gasteiger partial charge in [0.2, 0.25) is 0 Å². The Morgan fingerprint density at radius 3 is 1.90 bits per heavy atom. The van der Waals surface area contributed by atoms with Crippen LogP contribution < -0.4 is 5.32 Å². The predicted molar refractivity (Wildman–Crippen MR) is 87.0 cm³/mol. The quantitative estimate of drug-likeness (QED) is 0.791. The fourth-order valence-corrected chi connectivity index (χ4v) is 2.62. The van der Waals surface area contributed by atoms with Crippen molar-refractivity contribution in [1.82, 2.24) is 5.32 Å². The van der Waals surface area contributed by atoms with Gasteiger partial charge in [-0.2, -0.15) is 0 Å². The summed E-state index contributed by atoms with van der Waals surface area (Å²) >= 11 is 0. The van der Waals surface area contributed by atoms with E-state index in [0.29, 0.717) is 12.1 Å². The van der Waals surface area contributed by atoms with Crippen molar-refractivity contribution in [2.75, 3.05) is 0 Å². The minimum absolute atomic E-state index is 0.517. The Labute approximate surface area is 123 Å². The topological polar surface area (TPSA) is 12.0 Å². The van der Waals surface area contributed by atoms with Gasteiger partial charge in [-0.05, 0) is 44.2 Å².